The summed E-state index contributed by atoms with van der Waals surface area (Å²) >= 11 is 0. The van der Waals surface area contributed by atoms with Gasteiger partial charge in [-0.05, 0) is 63.2 Å². The quantitative estimate of drug-likeness (QED) is 0.899. The Hall–Kier alpha value is -1.32. The Morgan fingerprint density at radius 1 is 1.25 bits per heavy atom. The molecular weight excluding hydrogens is 250 g/mol. The molecular formula is C16H23N3O. The minimum Gasteiger partial charge on any atom is -0.346 e. The number of amides is 1. The minimum atomic E-state index is 0.0811. The first-order chi connectivity index (χ1) is 9.53. The summed E-state index contributed by atoms with van der Waals surface area (Å²) in [4.78, 5) is 12.6. The molecule has 0 radical (unpaired) electrons. The van der Waals surface area contributed by atoms with Gasteiger partial charge in [0, 0.05) is 18.8 Å². The van der Waals surface area contributed by atoms with E-state index in [9.17, 15) is 4.79 Å². The predicted molar refractivity (Wildman–Crippen MR) is 76.3 cm³/mol. The molecule has 1 aromatic rings. The van der Waals surface area contributed by atoms with E-state index < -0.39 is 0 Å². The number of carbonyl (C=O) groups is 1. The Bertz CT molecular complexity index is 525. The van der Waals surface area contributed by atoms with Crippen LogP contribution in [0.15, 0.2) is 6.20 Å². The van der Waals surface area contributed by atoms with Crippen molar-refractivity contribution < 1.29 is 4.79 Å². The van der Waals surface area contributed by atoms with Crippen molar-refractivity contribution in [2.75, 3.05) is 0 Å². The maximum absolute atomic E-state index is 12.6. The van der Waals surface area contributed by atoms with Crippen LogP contribution in [0.5, 0.6) is 0 Å². The molecule has 0 saturated heterocycles. The van der Waals surface area contributed by atoms with Crippen LogP contribution in [0.4, 0.5) is 0 Å². The van der Waals surface area contributed by atoms with Crippen LogP contribution in [0.1, 0.15) is 54.6 Å². The highest BCUT2D eigenvalue weighted by molar-refractivity contribution is 5.95. The van der Waals surface area contributed by atoms with Gasteiger partial charge in [-0.3, -0.25) is 9.48 Å². The lowest BCUT2D eigenvalue weighted by molar-refractivity contribution is -0.0167. The minimum absolute atomic E-state index is 0.0811. The van der Waals surface area contributed by atoms with Gasteiger partial charge in [0.05, 0.1) is 11.3 Å². The molecule has 0 aromatic carbocycles. The molecule has 1 heterocycles. The lowest BCUT2D eigenvalue weighted by atomic mass is 9.53. The molecule has 0 atom stereocenters. The fraction of sp³-hybridized carbons (Fsp3) is 0.750. The zero-order chi connectivity index (χ0) is 13.9. The summed E-state index contributed by atoms with van der Waals surface area (Å²) < 4.78 is 1.73. The van der Waals surface area contributed by atoms with E-state index in [1.165, 1.54) is 38.5 Å². The molecule has 1 N–H and O–H groups in total. The van der Waals surface area contributed by atoms with Crippen molar-refractivity contribution in [1.29, 1.82) is 0 Å². The van der Waals surface area contributed by atoms with Crippen LogP contribution in [0.25, 0.3) is 0 Å². The third-order valence-corrected chi connectivity index (χ3v) is 5.68. The second-order valence-electron chi connectivity index (χ2n) is 7.45. The van der Waals surface area contributed by atoms with E-state index in [1.54, 1.807) is 4.68 Å². The first-order valence-electron chi connectivity index (χ1n) is 7.86. The molecule has 20 heavy (non-hydrogen) atoms. The second kappa shape index (κ2) is 4.09. The summed E-state index contributed by atoms with van der Waals surface area (Å²) in [5.74, 6) is 2.65. The number of carbonyl (C=O) groups excluding carboxylic acids is 1. The van der Waals surface area contributed by atoms with Crippen molar-refractivity contribution in [2.24, 2.45) is 24.8 Å². The van der Waals surface area contributed by atoms with Gasteiger partial charge in [-0.25, -0.2) is 0 Å². The Morgan fingerprint density at radius 2 is 1.80 bits per heavy atom. The van der Waals surface area contributed by atoms with Crippen molar-refractivity contribution in [3.8, 4) is 0 Å². The molecule has 0 spiro atoms. The third kappa shape index (κ3) is 1.88. The van der Waals surface area contributed by atoms with Crippen LogP contribution in [0.2, 0.25) is 0 Å². The monoisotopic (exact) mass is 273 g/mol. The topological polar surface area (TPSA) is 46.9 Å². The van der Waals surface area contributed by atoms with Gasteiger partial charge in [-0.2, -0.15) is 5.10 Å². The molecule has 4 saturated carbocycles. The van der Waals surface area contributed by atoms with Gasteiger partial charge in [-0.1, -0.05) is 0 Å². The van der Waals surface area contributed by atoms with Crippen molar-refractivity contribution in [1.82, 2.24) is 15.1 Å². The van der Waals surface area contributed by atoms with Gasteiger partial charge in [0.15, 0.2) is 0 Å². The molecule has 4 fully saturated rings. The molecule has 4 aliphatic rings. The van der Waals surface area contributed by atoms with E-state index in [2.05, 4.69) is 10.4 Å². The SMILES string of the molecule is Cc1nn(C)cc1C(=O)NC12CC3CC(CC(C3)C1)C2. The summed E-state index contributed by atoms with van der Waals surface area (Å²) in [5, 5.41) is 7.69. The molecule has 1 aromatic heterocycles. The summed E-state index contributed by atoms with van der Waals surface area (Å²) in [6, 6.07) is 0. The van der Waals surface area contributed by atoms with Crippen LogP contribution in [-0.4, -0.2) is 21.2 Å². The van der Waals surface area contributed by atoms with E-state index >= 15 is 0 Å². The largest absolute Gasteiger partial charge is 0.346 e. The average molecular weight is 273 g/mol. The molecule has 4 aliphatic carbocycles. The number of aromatic nitrogens is 2. The predicted octanol–water partition coefficient (Wildman–Crippen LogP) is 2.43. The standard InChI is InChI=1S/C16H23N3O/c1-10-14(9-19(2)18-10)15(20)17-16-6-11-3-12(7-16)5-13(4-11)8-16/h9,11-13H,3-8H2,1-2H3,(H,17,20). The van der Waals surface area contributed by atoms with Crippen LogP contribution < -0.4 is 5.32 Å². The van der Waals surface area contributed by atoms with E-state index in [-0.39, 0.29) is 11.4 Å². The average Bonchev–Trinajstić information content (AvgIpc) is 2.66. The van der Waals surface area contributed by atoms with Crippen LogP contribution >= 0.6 is 0 Å². The highest BCUT2D eigenvalue weighted by Gasteiger charge is 2.51. The molecule has 0 unspecified atom stereocenters. The Balaban J connectivity index is 1.57. The third-order valence-electron chi connectivity index (χ3n) is 5.68. The lowest BCUT2D eigenvalue weighted by Crippen LogP contribution is -2.59. The van der Waals surface area contributed by atoms with Gasteiger partial charge in [0.2, 0.25) is 0 Å². The van der Waals surface area contributed by atoms with Crippen LogP contribution in [0, 0.1) is 24.7 Å². The Kier molecular flexibility index (Phi) is 2.54. The normalized spacial score (nSPS) is 38.2. The van der Waals surface area contributed by atoms with Gasteiger partial charge in [0.25, 0.3) is 5.91 Å². The highest BCUT2D eigenvalue weighted by atomic mass is 16.1. The Labute approximate surface area is 119 Å². The van der Waals surface area contributed by atoms with Crippen molar-refractivity contribution >= 4 is 5.91 Å². The lowest BCUT2D eigenvalue weighted by Gasteiger charge is -2.56. The highest BCUT2D eigenvalue weighted by Crippen LogP contribution is 2.55. The summed E-state index contributed by atoms with van der Waals surface area (Å²) in [7, 11) is 1.87. The number of hydrogen-bond donors (Lipinski definition) is 1. The second-order valence-corrected chi connectivity index (χ2v) is 7.45. The Morgan fingerprint density at radius 3 is 2.25 bits per heavy atom. The van der Waals surface area contributed by atoms with E-state index in [0.29, 0.717) is 0 Å². The van der Waals surface area contributed by atoms with E-state index in [1.807, 2.05) is 20.2 Å². The summed E-state index contributed by atoms with van der Waals surface area (Å²) in [6.45, 7) is 1.91. The molecule has 108 valence electrons. The fourth-order valence-electron chi connectivity index (χ4n) is 5.39. The zero-order valence-corrected chi connectivity index (χ0v) is 12.4. The first kappa shape index (κ1) is 12.4. The molecule has 4 bridgehead atoms. The van der Waals surface area contributed by atoms with Crippen molar-refractivity contribution in [3.63, 3.8) is 0 Å². The number of nitrogens with zero attached hydrogens (tertiary/aromatic N) is 2. The van der Waals surface area contributed by atoms with E-state index in [4.69, 9.17) is 0 Å². The van der Waals surface area contributed by atoms with E-state index in [0.717, 1.165) is 29.0 Å². The molecule has 5 rings (SSSR count). The number of hydrogen-bond acceptors (Lipinski definition) is 2. The molecule has 0 aliphatic heterocycles. The zero-order valence-electron chi connectivity index (χ0n) is 12.4. The summed E-state index contributed by atoms with van der Waals surface area (Å²) in [6.07, 6.45) is 9.65. The smallest absolute Gasteiger partial charge is 0.255 e. The van der Waals surface area contributed by atoms with Gasteiger partial charge in [-0.15, -0.1) is 0 Å². The van der Waals surface area contributed by atoms with Crippen LogP contribution in [0.3, 0.4) is 0 Å². The maximum atomic E-state index is 12.6. The first-order valence-corrected chi connectivity index (χ1v) is 7.86. The number of nitrogens with one attached hydrogen (secondary N) is 1. The van der Waals surface area contributed by atoms with Crippen LogP contribution in [-0.2, 0) is 7.05 Å². The number of rotatable bonds is 2. The fourth-order valence-corrected chi connectivity index (χ4v) is 5.39. The maximum Gasteiger partial charge on any atom is 0.255 e. The summed E-state index contributed by atoms with van der Waals surface area (Å²) in [5.41, 5.74) is 1.66. The molecule has 4 nitrogen and oxygen atoms in total. The molecule has 4 heteroatoms. The van der Waals surface area contributed by atoms with Crippen molar-refractivity contribution in [3.05, 3.63) is 17.5 Å². The van der Waals surface area contributed by atoms with Gasteiger partial charge < -0.3 is 5.32 Å². The van der Waals surface area contributed by atoms with Crippen molar-refractivity contribution in [2.45, 2.75) is 51.0 Å². The van der Waals surface area contributed by atoms with Gasteiger partial charge in [0.1, 0.15) is 0 Å². The molecule has 1 amide bonds. The van der Waals surface area contributed by atoms with Gasteiger partial charge >= 0.3 is 0 Å². The number of aryl methyl sites for hydroxylation is 2.